The molecule has 0 saturated heterocycles. The number of carbonyl (C=O) groups excluding carboxylic acids is 5. The van der Waals surface area contributed by atoms with Crippen molar-refractivity contribution in [1.29, 1.82) is 0 Å². The number of pyridine rings is 3. The Morgan fingerprint density at radius 3 is 1.36 bits per heavy atom. The van der Waals surface area contributed by atoms with Crippen LogP contribution in [0.2, 0.25) is 0 Å². The predicted octanol–water partition coefficient (Wildman–Crippen LogP) is 16.7. The number of carbonyl (C=O) groups is 5. The molecule has 20 rings (SSSR count). The van der Waals surface area contributed by atoms with Crippen molar-refractivity contribution in [3.05, 3.63) is 285 Å². The molecule has 6 aliphatic rings. The topological polar surface area (TPSA) is 334 Å². The summed E-state index contributed by atoms with van der Waals surface area (Å²) < 4.78 is 69.3. The maximum absolute atomic E-state index is 15.5. The number of esters is 1. The number of aliphatic hydroxyl groups excluding tert-OH is 1. The van der Waals surface area contributed by atoms with Crippen LogP contribution in [0, 0.1) is 17.5 Å². The number of rotatable bonds is 19. The van der Waals surface area contributed by atoms with Crippen molar-refractivity contribution in [3.8, 4) is 73.4 Å². The molecule has 1 amide bonds. The van der Waals surface area contributed by atoms with E-state index in [0.717, 1.165) is 140 Å². The van der Waals surface area contributed by atoms with E-state index in [4.69, 9.17) is 40.4 Å². The van der Waals surface area contributed by atoms with E-state index in [-0.39, 0.29) is 91.4 Å². The van der Waals surface area contributed by atoms with Crippen molar-refractivity contribution >= 4 is 86.3 Å². The SMILES string of the molecule is CC(=O)OCc1c(-c2ccnc3nc(-c4ccc(N(C)C)cc4)[nH]c23)cccc1C1CCOc2cc(C3CC3)cc(F)c2C1=O.CCc1c(-c2ccnc(N)c2N)cccc1N1CCOc2cc(C3CC3)cc(F)c2C1=O.CN(C)c1ccc(-c2nc3nccc(-c4cccc(C5CCOc6cc(C7CC7)cc(F)c6C5=O)c4CO)c3[nH]2)cc1.CN(C)c1ccc(C=O)cc1.[Li+].[OH-]. The van der Waals surface area contributed by atoms with Gasteiger partial charge in [0.2, 0.25) is 0 Å². The third-order valence-corrected chi connectivity index (χ3v) is 24.9. The molecule has 2 unspecified atom stereocenters. The number of aromatic nitrogens is 7. The van der Waals surface area contributed by atoms with Gasteiger partial charge >= 0.3 is 24.8 Å². The van der Waals surface area contributed by atoms with Gasteiger partial charge in [0.05, 0.1) is 66.0 Å². The van der Waals surface area contributed by atoms with Gasteiger partial charge in [-0.25, -0.2) is 38.1 Å². The first-order valence-electron chi connectivity index (χ1n) is 43.8. The molecule has 3 fully saturated rings. The van der Waals surface area contributed by atoms with Gasteiger partial charge in [-0.1, -0.05) is 55.5 Å². The number of hydrogen-bond acceptors (Lipinski definition) is 21. The number of amides is 1. The Hall–Kier alpha value is -14.0. The van der Waals surface area contributed by atoms with E-state index in [1.165, 1.54) is 25.1 Å². The summed E-state index contributed by atoms with van der Waals surface area (Å²) in [5.74, 6) is -0.839. The van der Waals surface area contributed by atoms with Crippen LogP contribution in [0.1, 0.15) is 181 Å². The molecule has 0 bridgehead atoms. The molecule has 28 heteroatoms. The molecule has 0 spiro atoms. The summed E-state index contributed by atoms with van der Waals surface area (Å²) in [6.07, 6.45) is 13.4. The Balaban J connectivity index is 0.000000143. The van der Waals surface area contributed by atoms with E-state index in [1.54, 1.807) is 23.5 Å². The number of nitrogens with zero attached hydrogens (tertiary/aromatic N) is 9. The number of benzene rings is 9. The molecule has 2 atom stereocenters. The average molecular weight is 1770 g/mol. The smallest absolute Gasteiger partial charge is 0.870 e. The number of aromatic amines is 2. The Morgan fingerprint density at radius 2 is 0.924 bits per heavy atom. The largest absolute Gasteiger partial charge is 1.00 e. The molecule has 0 radical (unpaired) electrons. The summed E-state index contributed by atoms with van der Waals surface area (Å²) >= 11 is 0. The van der Waals surface area contributed by atoms with Crippen molar-refractivity contribution in [2.24, 2.45) is 0 Å². The van der Waals surface area contributed by atoms with Crippen LogP contribution < -0.4 is 64.1 Å². The Labute approximate surface area is 774 Å². The van der Waals surface area contributed by atoms with Gasteiger partial charge < -0.3 is 70.6 Å². The van der Waals surface area contributed by atoms with Crippen molar-refractivity contribution in [2.45, 2.75) is 114 Å². The van der Waals surface area contributed by atoms with Crippen LogP contribution in [0.15, 0.2) is 201 Å². The van der Waals surface area contributed by atoms with E-state index in [0.29, 0.717) is 123 Å². The third kappa shape index (κ3) is 19.3. The standard InChI is InChI=1S/C36H33FN4O4.C34H31FN4O3.C25H25FN4O2.C9H11NO.Li.H2O/c1-20(42)45-19-29-25(27-13-15-38-36-33(27)39-35(40-36)22-9-11-24(12-10-22)41(2)3)5-4-6-26(29)28-14-16-44-31-18-23(21-7-8-21)17-30(37)32(31)34(28)43;1-39(2)22-10-8-20(9-11-22)33-37-31-25(12-14-36-34(31)38-33)23-4-3-5-24(27(23)18-40)26-13-15-42-29-17-21(19-6-7-19)16-28(35)30(29)32(26)41;1-2-16-17(18-8-9-29-24(28)23(18)27)4-3-5-20(16)30-10-11-32-21-13-15(14-6-7-14)12-19(26)22(21)25(30)31;1-10(2)9-5-3-8(7-11)4-6-9;;/h4-6,9-13,15,17-18,21,28H,7-8,14,16,19H2,1-3H3,(H,38,39,40);3-5,8-12,14,16-17,19,26,40H,6-7,13,15,18H2,1-2H3,(H,36,37,38);3-5,8-9,12-14H,2,6-7,10-11,27H2,1H3,(H2,28,29);3-7H,1-2H3;;1H2/q;;;;+1;/p-1. The van der Waals surface area contributed by atoms with Crippen LogP contribution in [0.25, 0.3) is 78.5 Å². The van der Waals surface area contributed by atoms with Gasteiger partial charge in [0.1, 0.15) is 77.2 Å². The number of H-pyrrole nitrogens is 2. The summed E-state index contributed by atoms with van der Waals surface area (Å²) in [7, 11) is 11.9. The molecule has 132 heavy (non-hydrogen) atoms. The molecule has 670 valence electrons. The van der Waals surface area contributed by atoms with Crippen LogP contribution in [0.4, 0.5) is 47.4 Å². The molecule has 8 N–H and O–H groups in total. The number of anilines is 6. The van der Waals surface area contributed by atoms with Gasteiger partial charge in [0.15, 0.2) is 22.9 Å². The minimum atomic E-state index is -0.692. The van der Waals surface area contributed by atoms with Crippen LogP contribution in [-0.2, 0) is 29.2 Å². The van der Waals surface area contributed by atoms with E-state index in [1.807, 2.05) is 228 Å². The number of hydrogen-bond donors (Lipinski definition) is 5. The summed E-state index contributed by atoms with van der Waals surface area (Å²) in [5, 5.41) is 10.7. The fourth-order valence-corrected chi connectivity index (χ4v) is 17.6. The first kappa shape index (κ1) is 92.7. The monoisotopic (exact) mass is 1770 g/mol. The predicted molar refractivity (Wildman–Crippen MR) is 502 cm³/mol. The Kier molecular flexibility index (Phi) is 27.9. The summed E-state index contributed by atoms with van der Waals surface area (Å²) in [6, 6.07) is 56.1. The average Bonchev–Trinajstić information content (AvgIpc) is 1.74. The fraction of sp³-hybridized carbons (Fsp3) is 0.269. The van der Waals surface area contributed by atoms with Crippen molar-refractivity contribution in [1.82, 2.24) is 34.9 Å². The molecule has 14 aromatic rings. The molecule has 8 heterocycles. The van der Waals surface area contributed by atoms with Crippen LogP contribution in [-0.4, -0.2) is 144 Å². The molecular formula is C104H101F3LiN13O11. The van der Waals surface area contributed by atoms with Gasteiger partial charge in [-0.2, -0.15) is 0 Å². The Bertz CT molecular complexity index is 6700. The third-order valence-electron chi connectivity index (χ3n) is 24.9. The zero-order valence-electron chi connectivity index (χ0n) is 75.0. The molecule has 3 saturated carbocycles. The summed E-state index contributed by atoms with van der Waals surface area (Å²) in [4.78, 5) is 101. The van der Waals surface area contributed by atoms with Gasteiger partial charge in [-0.3, -0.25) is 24.0 Å². The number of Topliss-reactive ketones (excluding diaryl/α,β-unsaturated/α-hetero) is 2. The number of ether oxygens (including phenoxy) is 4. The Morgan fingerprint density at radius 1 is 0.515 bits per heavy atom. The second-order valence-corrected chi connectivity index (χ2v) is 34.1. The van der Waals surface area contributed by atoms with Crippen molar-refractivity contribution in [2.75, 3.05) is 99.7 Å². The van der Waals surface area contributed by atoms with Crippen LogP contribution in [0.5, 0.6) is 17.2 Å². The van der Waals surface area contributed by atoms with Gasteiger partial charge in [0, 0.05) is 129 Å². The van der Waals surface area contributed by atoms with Gasteiger partial charge in [-0.05, 0) is 265 Å². The number of imidazole rings is 2. The number of aldehydes is 1. The van der Waals surface area contributed by atoms with Crippen LogP contribution >= 0.6 is 0 Å². The maximum atomic E-state index is 15.5. The van der Waals surface area contributed by atoms with E-state index in [9.17, 15) is 29.1 Å². The maximum Gasteiger partial charge on any atom is 1.00 e. The summed E-state index contributed by atoms with van der Waals surface area (Å²) in [5.41, 5.74) is 32.6. The van der Waals surface area contributed by atoms with E-state index in [2.05, 4.69) is 24.9 Å². The van der Waals surface area contributed by atoms with Crippen LogP contribution in [0.3, 0.4) is 0 Å². The quantitative estimate of drug-likeness (QED) is 0.0285. The van der Waals surface area contributed by atoms with Crippen molar-refractivity contribution < 1.29 is 85.5 Å². The number of nitrogens with two attached hydrogens (primary N) is 2. The first-order valence-corrected chi connectivity index (χ1v) is 43.8. The fourth-order valence-electron chi connectivity index (χ4n) is 17.6. The molecule has 3 aliphatic carbocycles. The number of ketones is 2. The number of halogens is 3. The zero-order chi connectivity index (χ0) is 90.9. The molecule has 3 aliphatic heterocycles. The van der Waals surface area contributed by atoms with Gasteiger partial charge in [-0.15, -0.1) is 0 Å². The van der Waals surface area contributed by atoms with E-state index < -0.39 is 41.2 Å². The van der Waals surface area contributed by atoms with Gasteiger partial charge in [0.25, 0.3) is 5.91 Å². The van der Waals surface area contributed by atoms with E-state index >= 15 is 13.2 Å². The molecule has 24 nitrogen and oxygen atoms in total. The molecular weight excluding hydrogens is 1670 g/mol. The minimum absolute atomic E-state index is 0. The minimum Gasteiger partial charge on any atom is -0.870 e. The number of fused-ring (bicyclic) bond motifs is 5. The molecule has 9 aromatic carbocycles. The van der Waals surface area contributed by atoms with Crippen molar-refractivity contribution in [3.63, 3.8) is 0 Å². The normalized spacial score (nSPS) is 15.4. The second-order valence-electron chi connectivity index (χ2n) is 34.1. The summed E-state index contributed by atoms with van der Waals surface area (Å²) in [6.45, 7) is 4.15. The second kappa shape index (κ2) is 39.8. The number of nitrogen functional groups attached to an aromatic ring is 2. The molecule has 5 aromatic heterocycles. The number of aliphatic hydroxyl groups is 1. The number of nitrogens with one attached hydrogen (secondary N) is 2. The first-order chi connectivity index (χ1) is 62.9. The zero-order valence-corrected chi connectivity index (χ0v) is 75.0.